The largest absolute Gasteiger partial charge is 0.493 e. The molecule has 2 unspecified atom stereocenters. The van der Waals surface area contributed by atoms with Gasteiger partial charge in [-0.1, -0.05) is 46.4 Å². The highest BCUT2D eigenvalue weighted by Crippen LogP contribution is 2.32. The Hall–Kier alpha value is -1.02. The smallest absolute Gasteiger partial charge is 0.124 e. The van der Waals surface area contributed by atoms with Crippen LogP contribution >= 0.6 is 0 Å². The topological polar surface area (TPSA) is 35.2 Å². The third-order valence-corrected chi connectivity index (χ3v) is 2.39. The standard InChI is InChI=1S/C10H13NO.C2H6.CH4/c1-7-6-12-9-5-3-2-4-8(9)10(7)11;1-2;/h2-5,7,10H,6,11H2,1H3;1-2H3;1H4. The van der Waals surface area contributed by atoms with Gasteiger partial charge in [0.2, 0.25) is 0 Å². The molecule has 2 atom stereocenters. The third kappa shape index (κ3) is 2.96. The number of hydrogen-bond acceptors (Lipinski definition) is 2. The Morgan fingerprint density at radius 3 is 2.53 bits per heavy atom. The first-order chi connectivity index (χ1) is 6.79. The number of fused-ring (bicyclic) bond motifs is 1. The van der Waals surface area contributed by atoms with Gasteiger partial charge in [-0.2, -0.15) is 0 Å². The molecule has 2 rings (SSSR count). The van der Waals surface area contributed by atoms with Crippen molar-refractivity contribution in [3.05, 3.63) is 29.8 Å². The number of ether oxygens (including phenoxy) is 1. The molecule has 2 heteroatoms. The molecule has 0 fully saturated rings. The Labute approximate surface area is 93.4 Å². The molecule has 1 aromatic carbocycles. The second kappa shape index (κ2) is 6.46. The molecule has 1 heterocycles. The molecule has 2 N–H and O–H groups in total. The molecular formula is C13H23NO. The number of hydrogen-bond donors (Lipinski definition) is 1. The minimum Gasteiger partial charge on any atom is -0.493 e. The van der Waals surface area contributed by atoms with Crippen LogP contribution in [0.1, 0.15) is 39.8 Å². The Bertz CT molecular complexity index is 286. The van der Waals surface area contributed by atoms with Crippen molar-refractivity contribution >= 4 is 0 Å². The quantitative estimate of drug-likeness (QED) is 0.711. The lowest BCUT2D eigenvalue weighted by atomic mass is 9.93. The summed E-state index contributed by atoms with van der Waals surface area (Å²) in [6.45, 7) is 6.85. The number of nitrogens with two attached hydrogens (primary N) is 1. The molecule has 86 valence electrons. The highest BCUT2D eigenvalue weighted by Gasteiger charge is 2.23. The molecule has 0 aliphatic carbocycles. The van der Waals surface area contributed by atoms with Crippen molar-refractivity contribution in [2.75, 3.05) is 6.61 Å². The number of benzene rings is 1. The van der Waals surface area contributed by atoms with E-state index in [0.29, 0.717) is 5.92 Å². The number of rotatable bonds is 0. The summed E-state index contributed by atoms with van der Waals surface area (Å²) in [6.07, 6.45) is 0. The summed E-state index contributed by atoms with van der Waals surface area (Å²) >= 11 is 0. The maximum atomic E-state index is 6.01. The Morgan fingerprint density at radius 2 is 1.87 bits per heavy atom. The predicted molar refractivity (Wildman–Crippen MR) is 66.1 cm³/mol. The predicted octanol–water partition coefficient (Wildman–Crippen LogP) is 3.38. The average Bonchev–Trinajstić information content (AvgIpc) is 2.27. The first kappa shape index (κ1) is 14.0. The molecule has 1 aliphatic heterocycles. The lowest BCUT2D eigenvalue weighted by molar-refractivity contribution is 0.207. The summed E-state index contributed by atoms with van der Waals surface area (Å²) < 4.78 is 5.53. The molecule has 0 saturated heterocycles. The van der Waals surface area contributed by atoms with Crippen molar-refractivity contribution in [3.63, 3.8) is 0 Å². The van der Waals surface area contributed by atoms with Gasteiger partial charge >= 0.3 is 0 Å². The van der Waals surface area contributed by atoms with Gasteiger partial charge in [-0.25, -0.2) is 0 Å². The molecule has 15 heavy (non-hydrogen) atoms. The van der Waals surface area contributed by atoms with Crippen molar-refractivity contribution in [1.82, 2.24) is 0 Å². The molecule has 0 bridgehead atoms. The summed E-state index contributed by atoms with van der Waals surface area (Å²) in [4.78, 5) is 0. The van der Waals surface area contributed by atoms with E-state index in [1.807, 2.05) is 38.1 Å². The average molecular weight is 209 g/mol. The fourth-order valence-corrected chi connectivity index (χ4v) is 1.52. The molecule has 0 spiro atoms. The van der Waals surface area contributed by atoms with Gasteiger partial charge in [0, 0.05) is 17.5 Å². The summed E-state index contributed by atoms with van der Waals surface area (Å²) in [7, 11) is 0. The van der Waals surface area contributed by atoms with Gasteiger partial charge in [0.15, 0.2) is 0 Å². The number of para-hydroxylation sites is 1. The lowest BCUT2D eigenvalue weighted by Gasteiger charge is -2.28. The van der Waals surface area contributed by atoms with Gasteiger partial charge < -0.3 is 10.5 Å². The van der Waals surface area contributed by atoms with E-state index in [1.54, 1.807) is 0 Å². The van der Waals surface area contributed by atoms with Crippen LogP contribution in [0.5, 0.6) is 5.75 Å². The van der Waals surface area contributed by atoms with Crippen LogP contribution in [0.15, 0.2) is 24.3 Å². The minimum atomic E-state index is 0. The SMILES string of the molecule is C.CC.CC1COc2ccccc2C1N. The summed E-state index contributed by atoms with van der Waals surface area (Å²) in [5, 5.41) is 0. The van der Waals surface area contributed by atoms with Gasteiger partial charge in [0.1, 0.15) is 5.75 Å². The van der Waals surface area contributed by atoms with E-state index in [1.165, 1.54) is 0 Å². The lowest BCUT2D eigenvalue weighted by Crippen LogP contribution is -2.29. The molecule has 0 aromatic heterocycles. The van der Waals surface area contributed by atoms with E-state index >= 15 is 0 Å². The van der Waals surface area contributed by atoms with Crippen LogP contribution in [0, 0.1) is 5.92 Å². The maximum absolute atomic E-state index is 6.01. The van der Waals surface area contributed by atoms with Gasteiger partial charge in [-0.15, -0.1) is 0 Å². The molecule has 0 radical (unpaired) electrons. The zero-order valence-electron chi connectivity index (χ0n) is 9.16. The molecule has 1 aromatic rings. The van der Waals surface area contributed by atoms with E-state index in [9.17, 15) is 0 Å². The van der Waals surface area contributed by atoms with Gasteiger partial charge in [-0.05, 0) is 6.07 Å². The van der Waals surface area contributed by atoms with Crippen LogP contribution in [0.25, 0.3) is 0 Å². The summed E-state index contributed by atoms with van der Waals surface area (Å²) in [5.74, 6) is 1.36. The van der Waals surface area contributed by atoms with E-state index < -0.39 is 0 Å². The fraction of sp³-hybridized carbons (Fsp3) is 0.538. The Morgan fingerprint density at radius 1 is 1.27 bits per heavy atom. The zero-order valence-corrected chi connectivity index (χ0v) is 9.16. The molecule has 0 amide bonds. The van der Waals surface area contributed by atoms with Crippen molar-refractivity contribution in [1.29, 1.82) is 0 Å². The minimum absolute atomic E-state index is 0. The molecular weight excluding hydrogens is 186 g/mol. The van der Waals surface area contributed by atoms with Crippen LogP contribution in [0.2, 0.25) is 0 Å². The normalized spacial score (nSPS) is 22.4. The first-order valence-electron chi connectivity index (χ1n) is 5.26. The van der Waals surface area contributed by atoms with Crippen molar-refractivity contribution in [2.45, 2.75) is 34.2 Å². The highest BCUT2D eigenvalue weighted by molar-refractivity contribution is 5.37. The second-order valence-electron chi connectivity index (χ2n) is 3.35. The Kier molecular flexibility index (Phi) is 6.02. The Balaban J connectivity index is 0.000000617. The van der Waals surface area contributed by atoms with E-state index in [2.05, 4.69) is 6.92 Å². The van der Waals surface area contributed by atoms with Gasteiger partial charge in [0.05, 0.1) is 6.61 Å². The van der Waals surface area contributed by atoms with Crippen molar-refractivity contribution in [3.8, 4) is 5.75 Å². The van der Waals surface area contributed by atoms with Crippen molar-refractivity contribution in [2.24, 2.45) is 11.7 Å². The van der Waals surface area contributed by atoms with Gasteiger partial charge in [-0.3, -0.25) is 0 Å². The van der Waals surface area contributed by atoms with Crippen LogP contribution in [-0.4, -0.2) is 6.61 Å². The van der Waals surface area contributed by atoms with E-state index in [0.717, 1.165) is 17.9 Å². The van der Waals surface area contributed by atoms with Crippen molar-refractivity contribution < 1.29 is 4.74 Å². The third-order valence-electron chi connectivity index (χ3n) is 2.39. The van der Waals surface area contributed by atoms with Gasteiger partial charge in [0.25, 0.3) is 0 Å². The highest BCUT2D eigenvalue weighted by atomic mass is 16.5. The molecule has 2 nitrogen and oxygen atoms in total. The fourth-order valence-electron chi connectivity index (χ4n) is 1.52. The van der Waals surface area contributed by atoms with Crippen LogP contribution in [0.3, 0.4) is 0 Å². The second-order valence-corrected chi connectivity index (χ2v) is 3.35. The first-order valence-corrected chi connectivity index (χ1v) is 5.26. The zero-order chi connectivity index (χ0) is 10.6. The molecule has 1 aliphatic rings. The molecule has 0 saturated carbocycles. The van der Waals surface area contributed by atoms with E-state index in [-0.39, 0.29) is 13.5 Å². The summed E-state index contributed by atoms with van der Waals surface area (Å²) in [6, 6.07) is 8.12. The monoisotopic (exact) mass is 209 g/mol. The maximum Gasteiger partial charge on any atom is 0.124 e. The van der Waals surface area contributed by atoms with Crippen LogP contribution in [-0.2, 0) is 0 Å². The summed E-state index contributed by atoms with van der Waals surface area (Å²) in [5.41, 5.74) is 7.15. The van der Waals surface area contributed by atoms with E-state index in [4.69, 9.17) is 10.5 Å². The van der Waals surface area contributed by atoms with Crippen LogP contribution in [0.4, 0.5) is 0 Å². The van der Waals surface area contributed by atoms with Crippen LogP contribution < -0.4 is 10.5 Å².